The Morgan fingerprint density at radius 2 is 2.20 bits per heavy atom. The second-order valence-corrected chi connectivity index (χ2v) is 2.79. The van der Waals surface area contributed by atoms with Gasteiger partial charge in [0.2, 0.25) is 0 Å². The zero-order valence-corrected chi connectivity index (χ0v) is 7.06. The van der Waals surface area contributed by atoms with Gasteiger partial charge in [0.05, 0.1) is 5.92 Å². The van der Waals surface area contributed by atoms with Gasteiger partial charge in [0.1, 0.15) is 0 Å². The summed E-state index contributed by atoms with van der Waals surface area (Å²) in [6.45, 7) is 3.72. The number of halogens is 1. The largest absolute Gasteiger partial charge is 0.481 e. The number of carboxylic acid groups (broad SMARTS) is 1. The maximum Gasteiger partial charge on any atom is 0.306 e. The van der Waals surface area contributed by atoms with Crippen molar-refractivity contribution in [2.24, 2.45) is 11.8 Å². The summed E-state index contributed by atoms with van der Waals surface area (Å²) in [4.78, 5) is 10.5. The quantitative estimate of drug-likeness (QED) is 0.646. The molecule has 0 bridgehead atoms. The van der Waals surface area contributed by atoms with Crippen LogP contribution in [0.15, 0.2) is 0 Å². The second kappa shape index (κ2) is 4.56. The van der Waals surface area contributed by atoms with Gasteiger partial charge in [0.15, 0.2) is 0 Å². The highest BCUT2D eigenvalue weighted by molar-refractivity contribution is 6.18. The molecule has 0 amide bonds. The van der Waals surface area contributed by atoms with E-state index < -0.39 is 5.97 Å². The van der Waals surface area contributed by atoms with Gasteiger partial charge in [-0.2, -0.15) is 0 Å². The van der Waals surface area contributed by atoms with Gasteiger partial charge in [-0.15, -0.1) is 11.6 Å². The SMILES string of the molecule is CCC(C(=O)O)C(C)CCl. The average Bonchev–Trinajstić information content (AvgIpc) is 1.88. The van der Waals surface area contributed by atoms with Crippen LogP contribution in [0.1, 0.15) is 20.3 Å². The Balaban J connectivity index is 3.92. The summed E-state index contributed by atoms with van der Waals surface area (Å²) >= 11 is 5.51. The Kier molecular flexibility index (Phi) is 4.45. The third kappa shape index (κ3) is 2.56. The molecule has 0 aliphatic heterocycles. The molecule has 2 unspecified atom stereocenters. The molecule has 0 radical (unpaired) electrons. The van der Waals surface area contributed by atoms with Crippen molar-refractivity contribution in [1.29, 1.82) is 0 Å². The summed E-state index contributed by atoms with van der Waals surface area (Å²) in [5.74, 6) is -0.525. The molecule has 2 nitrogen and oxygen atoms in total. The number of hydrogen-bond acceptors (Lipinski definition) is 1. The van der Waals surface area contributed by atoms with Crippen molar-refractivity contribution in [3.8, 4) is 0 Å². The molecule has 0 aromatic carbocycles. The summed E-state index contributed by atoms with van der Waals surface area (Å²) in [6.07, 6.45) is 0.656. The lowest BCUT2D eigenvalue weighted by molar-refractivity contribution is -0.143. The van der Waals surface area contributed by atoms with E-state index >= 15 is 0 Å². The van der Waals surface area contributed by atoms with Crippen LogP contribution in [0, 0.1) is 11.8 Å². The van der Waals surface area contributed by atoms with Crippen molar-refractivity contribution < 1.29 is 9.90 Å². The van der Waals surface area contributed by atoms with E-state index in [1.54, 1.807) is 0 Å². The normalized spacial score (nSPS) is 16.3. The Hall–Kier alpha value is -0.240. The first kappa shape index (κ1) is 9.76. The third-order valence-electron chi connectivity index (χ3n) is 1.69. The number of carboxylic acids is 1. The zero-order valence-electron chi connectivity index (χ0n) is 6.30. The standard InChI is InChI=1S/C7H13ClO2/c1-3-6(7(9)10)5(2)4-8/h5-6H,3-4H2,1-2H3,(H,9,10). The van der Waals surface area contributed by atoms with Crippen molar-refractivity contribution in [2.45, 2.75) is 20.3 Å². The van der Waals surface area contributed by atoms with Crippen molar-refractivity contribution in [3.05, 3.63) is 0 Å². The zero-order chi connectivity index (χ0) is 8.15. The molecule has 1 N–H and O–H groups in total. The first-order chi connectivity index (χ1) is 4.63. The molecule has 0 aliphatic carbocycles. The molecule has 0 fully saturated rings. The number of aliphatic carboxylic acids is 1. The lowest BCUT2D eigenvalue weighted by Crippen LogP contribution is -2.21. The van der Waals surface area contributed by atoms with Crippen molar-refractivity contribution in [3.63, 3.8) is 0 Å². The van der Waals surface area contributed by atoms with Gasteiger partial charge in [-0.3, -0.25) is 4.79 Å². The lowest BCUT2D eigenvalue weighted by Gasteiger charge is -2.14. The molecule has 0 saturated heterocycles. The molecule has 0 aromatic heterocycles. The first-order valence-electron chi connectivity index (χ1n) is 3.42. The predicted molar refractivity (Wildman–Crippen MR) is 41.3 cm³/mol. The molecular weight excluding hydrogens is 152 g/mol. The Morgan fingerprint density at radius 1 is 1.70 bits per heavy atom. The highest BCUT2D eigenvalue weighted by atomic mass is 35.5. The maximum absolute atomic E-state index is 10.5. The molecule has 0 heterocycles. The van der Waals surface area contributed by atoms with E-state index in [0.29, 0.717) is 12.3 Å². The monoisotopic (exact) mass is 164 g/mol. The lowest BCUT2D eigenvalue weighted by atomic mass is 9.93. The van der Waals surface area contributed by atoms with E-state index in [0.717, 1.165) is 0 Å². The van der Waals surface area contributed by atoms with Crippen LogP contribution in [0.5, 0.6) is 0 Å². The van der Waals surface area contributed by atoms with E-state index in [4.69, 9.17) is 16.7 Å². The summed E-state index contributed by atoms with van der Waals surface area (Å²) in [7, 11) is 0. The Bertz CT molecular complexity index is 114. The van der Waals surface area contributed by atoms with Gasteiger partial charge < -0.3 is 5.11 Å². The summed E-state index contributed by atoms with van der Waals surface area (Å²) < 4.78 is 0. The van der Waals surface area contributed by atoms with Crippen molar-refractivity contribution in [1.82, 2.24) is 0 Å². The molecule has 0 spiro atoms. The molecule has 0 aromatic rings. The molecule has 0 rings (SSSR count). The Morgan fingerprint density at radius 3 is 2.30 bits per heavy atom. The van der Waals surface area contributed by atoms with E-state index in [1.807, 2.05) is 13.8 Å². The fourth-order valence-corrected chi connectivity index (χ4v) is 1.14. The number of alkyl halides is 1. The van der Waals surface area contributed by atoms with Crippen LogP contribution in [-0.2, 0) is 4.79 Å². The number of hydrogen-bond donors (Lipinski definition) is 1. The van der Waals surface area contributed by atoms with Crippen LogP contribution in [0.3, 0.4) is 0 Å². The summed E-state index contributed by atoms with van der Waals surface area (Å²) in [6, 6.07) is 0. The van der Waals surface area contributed by atoms with Crippen LogP contribution in [-0.4, -0.2) is 17.0 Å². The van der Waals surface area contributed by atoms with E-state index in [1.165, 1.54) is 0 Å². The van der Waals surface area contributed by atoms with Crippen LogP contribution in [0.2, 0.25) is 0 Å². The molecular formula is C7H13ClO2. The van der Waals surface area contributed by atoms with Crippen LogP contribution in [0.4, 0.5) is 0 Å². The van der Waals surface area contributed by atoms with Crippen LogP contribution in [0.25, 0.3) is 0 Å². The van der Waals surface area contributed by atoms with Gasteiger partial charge in [-0.05, 0) is 12.3 Å². The van der Waals surface area contributed by atoms with Gasteiger partial charge in [-0.1, -0.05) is 13.8 Å². The predicted octanol–water partition coefficient (Wildman–Crippen LogP) is 1.97. The number of carbonyl (C=O) groups is 1. The smallest absolute Gasteiger partial charge is 0.306 e. The summed E-state index contributed by atoms with van der Waals surface area (Å²) in [5, 5.41) is 8.62. The topological polar surface area (TPSA) is 37.3 Å². The molecule has 60 valence electrons. The van der Waals surface area contributed by atoms with Crippen LogP contribution < -0.4 is 0 Å². The van der Waals surface area contributed by atoms with Gasteiger partial charge in [0, 0.05) is 5.88 Å². The third-order valence-corrected chi connectivity index (χ3v) is 2.17. The van der Waals surface area contributed by atoms with E-state index in [9.17, 15) is 4.79 Å². The van der Waals surface area contributed by atoms with Crippen molar-refractivity contribution in [2.75, 3.05) is 5.88 Å². The van der Waals surface area contributed by atoms with E-state index in [2.05, 4.69) is 0 Å². The summed E-state index contributed by atoms with van der Waals surface area (Å²) in [5.41, 5.74) is 0. The Labute approximate surface area is 66.2 Å². The highest BCUT2D eigenvalue weighted by Crippen LogP contribution is 2.16. The van der Waals surface area contributed by atoms with E-state index in [-0.39, 0.29) is 11.8 Å². The minimum atomic E-state index is -0.740. The fourth-order valence-electron chi connectivity index (χ4n) is 0.928. The maximum atomic E-state index is 10.5. The van der Waals surface area contributed by atoms with Gasteiger partial charge >= 0.3 is 5.97 Å². The molecule has 10 heavy (non-hydrogen) atoms. The van der Waals surface area contributed by atoms with Gasteiger partial charge in [0.25, 0.3) is 0 Å². The molecule has 3 heteroatoms. The van der Waals surface area contributed by atoms with Gasteiger partial charge in [-0.25, -0.2) is 0 Å². The minimum absolute atomic E-state index is 0.0733. The molecule has 2 atom stereocenters. The minimum Gasteiger partial charge on any atom is -0.481 e. The average molecular weight is 165 g/mol. The first-order valence-corrected chi connectivity index (χ1v) is 3.95. The molecule has 0 saturated carbocycles. The van der Waals surface area contributed by atoms with Crippen LogP contribution >= 0.6 is 11.6 Å². The second-order valence-electron chi connectivity index (χ2n) is 2.48. The van der Waals surface area contributed by atoms with Crippen molar-refractivity contribution >= 4 is 17.6 Å². The molecule has 0 aliphatic rings. The fraction of sp³-hybridized carbons (Fsp3) is 0.857. The number of rotatable bonds is 4. The highest BCUT2D eigenvalue weighted by Gasteiger charge is 2.21.